The molecule has 2 aliphatic heterocycles. The number of aromatic nitrogens is 3. The van der Waals surface area contributed by atoms with Crippen molar-refractivity contribution in [3.8, 4) is 5.69 Å². The first kappa shape index (κ1) is 21.7. The number of benzene rings is 1. The zero-order chi connectivity index (χ0) is 22.8. The number of rotatable bonds is 6. The van der Waals surface area contributed by atoms with E-state index < -0.39 is 0 Å². The van der Waals surface area contributed by atoms with E-state index in [4.69, 9.17) is 11.1 Å². The maximum atomic E-state index is 12.7. The van der Waals surface area contributed by atoms with E-state index in [1.54, 1.807) is 4.57 Å². The Hall–Kier alpha value is -3.17. The highest BCUT2D eigenvalue weighted by molar-refractivity contribution is 5.76. The second kappa shape index (κ2) is 9.36. The van der Waals surface area contributed by atoms with Crippen LogP contribution >= 0.6 is 0 Å². The number of guanidine groups is 1. The summed E-state index contributed by atoms with van der Waals surface area (Å²) in [6.45, 7) is 2.69. The molecule has 2 aliphatic rings. The highest BCUT2D eigenvalue weighted by atomic mass is 16.1. The van der Waals surface area contributed by atoms with Gasteiger partial charge < -0.3 is 26.7 Å². The van der Waals surface area contributed by atoms with E-state index in [9.17, 15) is 4.79 Å². The number of piperidine rings is 1. The van der Waals surface area contributed by atoms with Crippen molar-refractivity contribution in [1.82, 2.24) is 30.5 Å². The van der Waals surface area contributed by atoms with Crippen molar-refractivity contribution >= 4 is 17.0 Å². The van der Waals surface area contributed by atoms with Crippen LogP contribution in [0.3, 0.4) is 0 Å². The first-order valence-corrected chi connectivity index (χ1v) is 11.8. The van der Waals surface area contributed by atoms with Gasteiger partial charge in [-0.15, -0.1) is 0 Å². The SMILES string of the molecule is N=C(N)NCC[C@@H]1CCC[C@@H](c2ccc(-n3cc4cc([C@@H]5CCNC5)[nH]c4nc3=O)cc2)N1. The van der Waals surface area contributed by atoms with E-state index in [0.29, 0.717) is 30.2 Å². The Balaban J connectivity index is 1.31. The fraction of sp³-hybridized carbons (Fsp3) is 0.458. The molecule has 0 radical (unpaired) electrons. The van der Waals surface area contributed by atoms with Crippen LogP contribution in [0.15, 0.2) is 41.3 Å². The number of nitrogens with two attached hydrogens (primary N) is 1. The van der Waals surface area contributed by atoms with Gasteiger partial charge in [-0.2, -0.15) is 4.98 Å². The molecule has 4 heterocycles. The van der Waals surface area contributed by atoms with E-state index in [-0.39, 0.29) is 11.6 Å². The quantitative estimate of drug-likeness (QED) is 0.252. The summed E-state index contributed by atoms with van der Waals surface area (Å²) in [6, 6.07) is 11.0. The predicted octanol–water partition coefficient (Wildman–Crippen LogP) is 1.85. The Morgan fingerprint density at radius 3 is 2.85 bits per heavy atom. The first-order chi connectivity index (χ1) is 16.1. The molecule has 2 saturated heterocycles. The normalized spacial score (nSPS) is 23.1. The molecule has 0 spiro atoms. The lowest BCUT2D eigenvalue weighted by Gasteiger charge is -2.31. The van der Waals surface area contributed by atoms with Crippen molar-refractivity contribution in [2.75, 3.05) is 19.6 Å². The molecule has 3 atom stereocenters. The average molecular weight is 449 g/mol. The molecule has 9 nitrogen and oxygen atoms in total. The minimum absolute atomic E-state index is 0.0206. The Bertz CT molecular complexity index is 1180. The molecule has 174 valence electrons. The molecule has 2 fully saturated rings. The fourth-order valence-corrected chi connectivity index (χ4v) is 5.10. The van der Waals surface area contributed by atoms with Gasteiger partial charge >= 0.3 is 5.69 Å². The van der Waals surface area contributed by atoms with Crippen LogP contribution in [-0.2, 0) is 0 Å². The molecule has 0 amide bonds. The Morgan fingerprint density at radius 2 is 2.09 bits per heavy atom. The summed E-state index contributed by atoms with van der Waals surface area (Å²) in [5, 5.41) is 18.2. The highest BCUT2D eigenvalue weighted by Gasteiger charge is 2.22. The maximum absolute atomic E-state index is 12.7. The van der Waals surface area contributed by atoms with Gasteiger partial charge in [-0.05, 0) is 56.0 Å². The molecule has 5 rings (SSSR count). The molecular weight excluding hydrogens is 416 g/mol. The van der Waals surface area contributed by atoms with Gasteiger partial charge in [-0.1, -0.05) is 18.6 Å². The lowest BCUT2D eigenvalue weighted by atomic mass is 9.92. The van der Waals surface area contributed by atoms with Crippen LogP contribution < -0.4 is 27.4 Å². The molecular formula is C24H32N8O. The lowest BCUT2D eigenvalue weighted by molar-refractivity contribution is 0.312. The van der Waals surface area contributed by atoms with Gasteiger partial charge in [0.15, 0.2) is 5.96 Å². The summed E-state index contributed by atoms with van der Waals surface area (Å²) < 4.78 is 1.63. The molecule has 2 aromatic heterocycles. The van der Waals surface area contributed by atoms with Crippen molar-refractivity contribution < 1.29 is 0 Å². The van der Waals surface area contributed by atoms with Crippen LogP contribution in [0.5, 0.6) is 0 Å². The van der Waals surface area contributed by atoms with E-state index in [1.807, 2.05) is 18.3 Å². The van der Waals surface area contributed by atoms with Crippen molar-refractivity contribution in [1.29, 1.82) is 5.41 Å². The fourth-order valence-electron chi connectivity index (χ4n) is 5.10. The van der Waals surface area contributed by atoms with E-state index >= 15 is 0 Å². The Labute approximate surface area is 192 Å². The van der Waals surface area contributed by atoms with Crippen LogP contribution in [0, 0.1) is 5.41 Å². The largest absolute Gasteiger partial charge is 0.370 e. The van der Waals surface area contributed by atoms with Crippen molar-refractivity contribution in [3.05, 3.63) is 58.3 Å². The van der Waals surface area contributed by atoms with Crippen LogP contribution in [0.1, 0.15) is 55.3 Å². The number of H-pyrrole nitrogens is 1. The van der Waals surface area contributed by atoms with Crippen molar-refractivity contribution in [3.63, 3.8) is 0 Å². The van der Waals surface area contributed by atoms with Crippen molar-refractivity contribution in [2.45, 2.75) is 50.1 Å². The molecule has 33 heavy (non-hydrogen) atoms. The molecule has 3 aromatic rings. The standard InChI is InChI=1S/C24H32N8O/c25-23(26)28-11-9-18-2-1-3-20(29-18)15-4-6-19(7-5-15)32-14-17-12-21(16-8-10-27-13-16)30-22(17)31-24(32)33/h4-7,12,14,16,18,20,27,29H,1-3,8-11,13H2,(H4,25,26,28)(H,30,31,33)/t16-,18+,20+/m1/s1. The zero-order valence-electron chi connectivity index (χ0n) is 18.7. The minimum Gasteiger partial charge on any atom is -0.370 e. The number of fused-ring (bicyclic) bond motifs is 1. The molecule has 0 unspecified atom stereocenters. The van der Waals surface area contributed by atoms with Crippen LogP contribution in [0.4, 0.5) is 0 Å². The number of hydrogen-bond acceptors (Lipinski definition) is 5. The molecule has 0 bridgehead atoms. The molecule has 0 aliphatic carbocycles. The monoisotopic (exact) mass is 448 g/mol. The highest BCUT2D eigenvalue weighted by Crippen LogP contribution is 2.28. The number of nitrogens with zero attached hydrogens (tertiary/aromatic N) is 2. The summed E-state index contributed by atoms with van der Waals surface area (Å²) in [5.41, 5.74) is 8.95. The predicted molar refractivity (Wildman–Crippen MR) is 130 cm³/mol. The number of hydrogen-bond donors (Lipinski definition) is 6. The zero-order valence-corrected chi connectivity index (χ0v) is 18.7. The maximum Gasteiger partial charge on any atom is 0.354 e. The number of aromatic amines is 1. The second-order valence-electron chi connectivity index (χ2n) is 9.18. The third-order valence-electron chi connectivity index (χ3n) is 6.89. The molecule has 7 N–H and O–H groups in total. The topological polar surface area (TPSA) is 137 Å². The van der Waals surface area contributed by atoms with Crippen molar-refractivity contribution in [2.24, 2.45) is 5.73 Å². The van der Waals surface area contributed by atoms with Gasteiger partial charge in [0.2, 0.25) is 0 Å². The first-order valence-electron chi connectivity index (χ1n) is 11.8. The van der Waals surface area contributed by atoms with Crippen LogP contribution in [0.25, 0.3) is 16.7 Å². The van der Waals surface area contributed by atoms with E-state index in [2.05, 4.69) is 44.1 Å². The smallest absolute Gasteiger partial charge is 0.354 e. The second-order valence-corrected chi connectivity index (χ2v) is 9.18. The summed E-state index contributed by atoms with van der Waals surface area (Å²) in [5.74, 6) is 0.472. The minimum atomic E-state index is -0.276. The van der Waals surface area contributed by atoms with Gasteiger partial charge in [-0.25, -0.2) is 4.79 Å². The van der Waals surface area contributed by atoms with Gasteiger partial charge in [0.1, 0.15) is 5.65 Å². The summed E-state index contributed by atoms with van der Waals surface area (Å²) >= 11 is 0. The summed E-state index contributed by atoms with van der Waals surface area (Å²) in [7, 11) is 0. The number of nitrogens with one attached hydrogen (secondary N) is 5. The van der Waals surface area contributed by atoms with Crippen LogP contribution in [0.2, 0.25) is 0 Å². The van der Waals surface area contributed by atoms with Gasteiger partial charge in [0.05, 0.1) is 5.69 Å². The van der Waals surface area contributed by atoms with Gasteiger partial charge in [-0.3, -0.25) is 9.98 Å². The third-order valence-corrected chi connectivity index (χ3v) is 6.89. The van der Waals surface area contributed by atoms with E-state index in [1.165, 1.54) is 5.56 Å². The van der Waals surface area contributed by atoms with Gasteiger partial charge in [0.25, 0.3) is 0 Å². The van der Waals surface area contributed by atoms with E-state index in [0.717, 1.165) is 62.0 Å². The molecule has 1 aromatic carbocycles. The lowest BCUT2D eigenvalue weighted by Crippen LogP contribution is -2.40. The summed E-state index contributed by atoms with van der Waals surface area (Å²) in [6.07, 6.45) is 7.30. The van der Waals surface area contributed by atoms with Gasteiger partial charge in [0, 0.05) is 48.4 Å². The Morgan fingerprint density at radius 1 is 1.24 bits per heavy atom. The average Bonchev–Trinajstić information content (AvgIpc) is 3.48. The Kier molecular flexibility index (Phi) is 6.15. The molecule has 0 saturated carbocycles. The van der Waals surface area contributed by atoms with Crippen LogP contribution in [-0.4, -0.2) is 46.2 Å². The summed E-state index contributed by atoms with van der Waals surface area (Å²) in [4.78, 5) is 20.4. The molecule has 9 heteroatoms. The third kappa shape index (κ3) is 4.79.